The van der Waals surface area contributed by atoms with E-state index in [4.69, 9.17) is 0 Å². The molecule has 0 bridgehead atoms. The predicted octanol–water partition coefficient (Wildman–Crippen LogP) is -0.0956. The van der Waals surface area contributed by atoms with E-state index in [1.54, 1.807) is 0 Å². The normalized spacial score (nSPS) is 16.3. The topological polar surface area (TPSA) is 73.5 Å². The van der Waals surface area contributed by atoms with Crippen molar-refractivity contribution in [2.45, 2.75) is 39.3 Å². The van der Waals surface area contributed by atoms with E-state index in [0.717, 1.165) is 19.6 Å². The Hall–Kier alpha value is -1.14. The van der Waals surface area contributed by atoms with Gasteiger partial charge in [-0.15, -0.1) is 0 Å². The van der Waals surface area contributed by atoms with Crippen LogP contribution in [-0.4, -0.2) is 54.6 Å². The SMILES string of the molecule is CCN(CC(=O)NC(=O)NC(C)(C)C)C1CNC1. The second kappa shape index (κ2) is 6.15. The Bertz CT molecular complexity index is 308. The molecule has 0 saturated carbocycles. The van der Waals surface area contributed by atoms with Gasteiger partial charge in [-0.1, -0.05) is 6.92 Å². The third-order valence-electron chi connectivity index (χ3n) is 2.77. The van der Waals surface area contributed by atoms with Gasteiger partial charge in [0.1, 0.15) is 0 Å². The number of hydrogen-bond donors (Lipinski definition) is 3. The van der Waals surface area contributed by atoms with E-state index < -0.39 is 6.03 Å². The number of hydrogen-bond acceptors (Lipinski definition) is 4. The average molecular weight is 256 g/mol. The second-order valence-corrected chi connectivity index (χ2v) is 5.63. The minimum Gasteiger partial charge on any atom is -0.333 e. The number of carbonyl (C=O) groups excluding carboxylic acids is 2. The highest BCUT2D eigenvalue weighted by Gasteiger charge is 2.25. The average Bonchev–Trinajstić information content (AvgIpc) is 2.09. The van der Waals surface area contributed by atoms with Gasteiger partial charge in [0.15, 0.2) is 0 Å². The summed E-state index contributed by atoms with van der Waals surface area (Å²) in [7, 11) is 0. The Morgan fingerprint density at radius 3 is 2.33 bits per heavy atom. The predicted molar refractivity (Wildman–Crippen MR) is 70.3 cm³/mol. The highest BCUT2D eigenvalue weighted by Crippen LogP contribution is 2.03. The Kier molecular flexibility index (Phi) is 5.10. The Balaban J connectivity index is 2.33. The third-order valence-corrected chi connectivity index (χ3v) is 2.77. The van der Waals surface area contributed by atoms with Gasteiger partial charge in [0.2, 0.25) is 5.91 Å². The molecule has 104 valence electrons. The number of likely N-dealkylation sites (N-methyl/N-ethyl adjacent to an activating group) is 1. The molecule has 1 fully saturated rings. The van der Waals surface area contributed by atoms with Crippen LogP contribution >= 0.6 is 0 Å². The van der Waals surface area contributed by atoms with Crippen LogP contribution in [0.4, 0.5) is 4.79 Å². The van der Waals surface area contributed by atoms with Crippen LogP contribution in [0.25, 0.3) is 0 Å². The van der Waals surface area contributed by atoms with Gasteiger partial charge in [-0.05, 0) is 27.3 Å². The molecule has 0 aromatic heterocycles. The van der Waals surface area contributed by atoms with Crippen molar-refractivity contribution in [2.24, 2.45) is 0 Å². The van der Waals surface area contributed by atoms with Gasteiger partial charge >= 0.3 is 6.03 Å². The maximum atomic E-state index is 11.7. The monoisotopic (exact) mass is 256 g/mol. The van der Waals surface area contributed by atoms with Crippen LogP contribution in [0.3, 0.4) is 0 Å². The molecule has 0 aliphatic carbocycles. The van der Waals surface area contributed by atoms with Crippen molar-refractivity contribution in [1.29, 1.82) is 0 Å². The molecule has 1 aliphatic heterocycles. The molecule has 6 heteroatoms. The maximum Gasteiger partial charge on any atom is 0.321 e. The minimum atomic E-state index is -0.435. The van der Waals surface area contributed by atoms with E-state index in [1.165, 1.54) is 0 Å². The molecule has 1 saturated heterocycles. The standard InChI is InChI=1S/C12H24N4O2/c1-5-16(9-6-13-7-9)8-10(17)14-11(18)15-12(2,3)4/h9,13H,5-8H2,1-4H3,(H2,14,15,17,18). The first-order chi connectivity index (χ1) is 8.31. The molecule has 0 atom stereocenters. The zero-order chi connectivity index (χ0) is 13.8. The highest BCUT2D eigenvalue weighted by molar-refractivity contribution is 5.95. The molecule has 6 nitrogen and oxygen atoms in total. The molecule has 0 unspecified atom stereocenters. The number of urea groups is 1. The molecule has 3 N–H and O–H groups in total. The summed E-state index contributed by atoms with van der Waals surface area (Å²) in [6.45, 7) is 10.5. The summed E-state index contributed by atoms with van der Waals surface area (Å²) in [6, 6.07) is -0.0262. The lowest BCUT2D eigenvalue weighted by Gasteiger charge is -2.37. The fourth-order valence-corrected chi connectivity index (χ4v) is 1.75. The van der Waals surface area contributed by atoms with Gasteiger partial charge in [0, 0.05) is 24.7 Å². The molecule has 18 heavy (non-hydrogen) atoms. The number of imide groups is 1. The number of carbonyl (C=O) groups is 2. The van der Waals surface area contributed by atoms with E-state index in [1.807, 2.05) is 27.7 Å². The van der Waals surface area contributed by atoms with Crippen LogP contribution in [0.2, 0.25) is 0 Å². The minimum absolute atomic E-state index is 0.259. The molecular formula is C12H24N4O2. The first kappa shape index (κ1) is 14.9. The van der Waals surface area contributed by atoms with Crippen LogP contribution in [-0.2, 0) is 4.79 Å². The Morgan fingerprint density at radius 2 is 1.94 bits per heavy atom. The largest absolute Gasteiger partial charge is 0.333 e. The molecule has 0 aromatic rings. The van der Waals surface area contributed by atoms with E-state index in [0.29, 0.717) is 6.04 Å². The van der Waals surface area contributed by atoms with Crippen molar-refractivity contribution in [2.75, 3.05) is 26.2 Å². The maximum absolute atomic E-state index is 11.7. The third kappa shape index (κ3) is 5.01. The molecule has 0 aromatic carbocycles. The van der Waals surface area contributed by atoms with Gasteiger partial charge in [-0.2, -0.15) is 0 Å². The second-order valence-electron chi connectivity index (χ2n) is 5.63. The molecule has 0 radical (unpaired) electrons. The Labute approximate surface area is 108 Å². The van der Waals surface area contributed by atoms with Gasteiger partial charge < -0.3 is 10.6 Å². The molecular weight excluding hydrogens is 232 g/mol. The lowest BCUT2D eigenvalue weighted by molar-refractivity contribution is -0.121. The molecule has 3 amide bonds. The van der Waals surface area contributed by atoms with Crippen molar-refractivity contribution in [1.82, 2.24) is 20.9 Å². The summed E-state index contributed by atoms with van der Waals surface area (Å²) in [4.78, 5) is 25.3. The summed E-state index contributed by atoms with van der Waals surface area (Å²) in [5.74, 6) is -0.259. The lowest BCUT2D eigenvalue weighted by Crippen LogP contribution is -2.59. The van der Waals surface area contributed by atoms with E-state index in [9.17, 15) is 9.59 Å². The number of rotatable bonds is 4. The van der Waals surface area contributed by atoms with Crippen molar-refractivity contribution in [3.63, 3.8) is 0 Å². The van der Waals surface area contributed by atoms with Crippen LogP contribution in [0.1, 0.15) is 27.7 Å². The summed E-state index contributed by atoms with van der Waals surface area (Å²) >= 11 is 0. The molecule has 1 rings (SSSR count). The zero-order valence-electron chi connectivity index (χ0n) is 11.7. The number of nitrogens with one attached hydrogen (secondary N) is 3. The van der Waals surface area contributed by atoms with Crippen LogP contribution in [0.5, 0.6) is 0 Å². The first-order valence-corrected chi connectivity index (χ1v) is 6.38. The van der Waals surface area contributed by atoms with Gasteiger partial charge in [-0.25, -0.2) is 4.79 Å². The van der Waals surface area contributed by atoms with E-state index >= 15 is 0 Å². The van der Waals surface area contributed by atoms with Crippen molar-refractivity contribution in [3.8, 4) is 0 Å². The van der Waals surface area contributed by atoms with Gasteiger partial charge in [0.25, 0.3) is 0 Å². The Morgan fingerprint density at radius 1 is 1.33 bits per heavy atom. The summed E-state index contributed by atoms with van der Waals surface area (Å²) in [6.07, 6.45) is 0. The summed E-state index contributed by atoms with van der Waals surface area (Å²) in [5, 5.41) is 8.22. The highest BCUT2D eigenvalue weighted by atomic mass is 16.2. The summed E-state index contributed by atoms with van der Waals surface area (Å²) in [5.41, 5.74) is -0.341. The van der Waals surface area contributed by atoms with Crippen LogP contribution < -0.4 is 16.0 Å². The lowest BCUT2D eigenvalue weighted by atomic mass is 10.1. The fraction of sp³-hybridized carbons (Fsp3) is 0.833. The van der Waals surface area contributed by atoms with Crippen molar-refractivity contribution in [3.05, 3.63) is 0 Å². The fourth-order valence-electron chi connectivity index (χ4n) is 1.75. The van der Waals surface area contributed by atoms with E-state index in [-0.39, 0.29) is 18.0 Å². The molecule has 1 heterocycles. The van der Waals surface area contributed by atoms with Gasteiger partial charge in [-0.3, -0.25) is 15.0 Å². The molecule has 1 aliphatic rings. The van der Waals surface area contributed by atoms with Crippen LogP contribution in [0.15, 0.2) is 0 Å². The molecule has 0 spiro atoms. The van der Waals surface area contributed by atoms with E-state index in [2.05, 4.69) is 20.9 Å². The van der Waals surface area contributed by atoms with Crippen LogP contribution in [0, 0.1) is 0 Å². The van der Waals surface area contributed by atoms with Crippen molar-refractivity contribution >= 4 is 11.9 Å². The number of nitrogens with zero attached hydrogens (tertiary/aromatic N) is 1. The number of amides is 3. The smallest absolute Gasteiger partial charge is 0.321 e. The quantitative estimate of drug-likeness (QED) is 0.657. The van der Waals surface area contributed by atoms with Gasteiger partial charge in [0.05, 0.1) is 6.54 Å². The zero-order valence-corrected chi connectivity index (χ0v) is 11.7. The summed E-state index contributed by atoms with van der Waals surface area (Å²) < 4.78 is 0. The van der Waals surface area contributed by atoms with Crippen molar-refractivity contribution < 1.29 is 9.59 Å². The first-order valence-electron chi connectivity index (χ1n) is 6.38.